The number of hydrogen-bond donors (Lipinski definition) is 1. The molecule has 0 atom stereocenters. The van der Waals surface area contributed by atoms with Crippen LogP contribution in [0.5, 0.6) is 0 Å². The van der Waals surface area contributed by atoms with E-state index in [1.807, 2.05) is 32.0 Å². The summed E-state index contributed by atoms with van der Waals surface area (Å²) in [5.41, 5.74) is 0.676. The van der Waals surface area contributed by atoms with E-state index >= 15 is 0 Å². The Hall–Kier alpha value is -0.830. The van der Waals surface area contributed by atoms with E-state index in [1.165, 1.54) is 0 Å². The van der Waals surface area contributed by atoms with E-state index < -0.39 is 0 Å². The fourth-order valence-electron chi connectivity index (χ4n) is 0.932. The minimum Gasteiger partial charge on any atom is -0.337 e. The lowest BCUT2D eigenvalue weighted by atomic mass is 10.2. The van der Waals surface area contributed by atoms with Gasteiger partial charge in [0.1, 0.15) is 0 Å². The highest BCUT2D eigenvalue weighted by Crippen LogP contribution is 2.12. The molecule has 0 radical (unpaired) electrons. The number of hydrogen-bond acceptors (Lipinski definition) is 1. The zero-order chi connectivity index (χ0) is 9.90. The molecule has 3 heteroatoms. The quantitative estimate of drug-likeness (QED) is 0.626. The van der Waals surface area contributed by atoms with Crippen molar-refractivity contribution < 1.29 is 4.79 Å². The molecule has 70 valence electrons. The van der Waals surface area contributed by atoms with Crippen molar-refractivity contribution in [2.45, 2.75) is 18.3 Å². The zero-order valence-corrected chi connectivity index (χ0v) is 9.26. The normalized spacial score (nSPS) is 11.0. The van der Waals surface area contributed by atoms with Gasteiger partial charge in [0.05, 0.1) is 4.45 Å². The molecule has 2 nitrogen and oxygen atoms in total. The van der Waals surface area contributed by atoms with Crippen LogP contribution in [0.15, 0.2) is 30.3 Å². The van der Waals surface area contributed by atoms with E-state index in [0.29, 0.717) is 5.56 Å². The molecule has 13 heavy (non-hydrogen) atoms. The maximum Gasteiger partial charge on any atom is 0.252 e. The standard InChI is InChI=1S/C10H12BrNO/c1-10(2,11)12-9(13)8-6-4-3-5-7-8/h3-7H,1-2H3,(H,12,13). The molecule has 0 aliphatic heterocycles. The topological polar surface area (TPSA) is 29.1 Å². The lowest BCUT2D eigenvalue weighted by molar-refractivity contribution is 0.0938. The van der Waals surface area contributed by atoms with Crippen LogP contribution < -0.4 is 5.32 Å². The Morgan fingerprint density at radius 1 is 1.31 bits per heavy atom. The van der Waals surface area contributed by atoms with Gasteiger partial charge in [-0.3, -0.25) is 4.79 Å². The van der Waals surface area contributed by atoms with Crippen LogP contribution in [0.2, 0.25) is 0 Å². The first-order valence-corrected chi connectivity index (χ1v) is 4.85. The van der Waals surface area contributed by atoms with E-state index in [0.717, 1.165) is 0 Å². The van der Waals surface area contributed by atoms with E-state index in [2.05, 4.69) is 21.2 Å². The first-order chi connectivity index (χ1) is 5.99. The lowest BCUT2D eigenvalue weighted by Crippen LogP contribution is -2.37. The van der Waals surface area contributed by atoms with Crippen LogP contribution in [-0.4, -0.2) is 10.4 Å². The Morgan fingerprint density at radius 2 is 1.85 bits per heavy atom. The summed E-state index contributed by atoms with van der Waals surface area (Å²) in [6.45, 7) is 3.77. The number of carbonyl (C=O) groups excluding carboxylic acids is 1. The molecule has 1 aromatic rings. The van der Waals surface area contributed by atoms with Gasteiger partial charge in [-0.1, -0.05) is 34.1 Å². The van der Waals surface area contributed by atoms with Crippen LogP contribution in [-0.2, 0) is 0 Å². The van der Waals surface area contributed by atoms with Crippen molar-refractivity contribution >= 4 is 21.8 Å². The molecule has 0 saturated carbocycles. The number of rotatable bonds is 2. The molecule has 1 aromatic carbocycles. The number of benzene rings is 1. The minimum atomic E-state index is -0.361. The van der Waals surface area contributed by atoms with Crippen LogP contribution in [0.3, 0.4) is 0 Å². The summed E-state index contributed by atoms with van der Waals surface area (Å²) in [6, 6.07) is 9.14. The van der Waals surface area contributed by atoms with E-state index in [-0.39, 0.29) is 10.4 Å². The predicted octanol–water partition coefficient (Wildman–Crippen LogP) is 2.55. The van der Waals surface area contributed by atoms with Gasteiger partial charge >= 0.3 is 0 Å². The second-order valence-corrected chi connectivity index (χ2v) is 5.28. The van der Waals surface area contributed by atoms with Crippen molar-refractivity contribution in [3.63, 3.8) is 0 Å². The number of alkyl halides is 1. The average Bonchev–Trinajstić information content (AvgIpc) is 2.03. The fraction of sp³-hybridized carbons (Fsp3) is 0.300. The van der Waals surface area contributed by atoms with Crippen LogP contribution in [0.1, 0.15) is 24.2 Å². The molecule has 1 N–H and O–H groups in total. The molecule has 0 bridgehead atoms. The summed E-state index contributed by atoms with van der Waals surface area (Å²) in [7, 11) is 0. The molecule has 0 aliphatic carbocycles. The maximum absolute atomic E-state index is 11.5. The third kappa shape index (κ3) is 3.59. The summed E-state index contributed by atoms with van der Waals surface area (Å²) >= 11 is 3.34. The Bertz CT molecular complexity index is 290. The summed E-state index contributed by atoms with van der Waals surface area (Å²) < 4.78 is -0.361. The third-order valence-corrected chi connectivity index (χ3v) is 1.65. The first kappa shape index (κ1) is 10.3. The molecule has 0 fully saturated rings. The Morgan fingerprint density at radius 3 is 2.31 bits per heavy atom. The number of amides is 1. The highest BCUT2D eigenvalue weighted by molar-refractivity contribution is 9.10. The van der Waals surface area contributed by atoms with E-state index in [9.17, 15) is 4.79 Å². The maximum atomic E-state index is 11.5. The van der Waals surface area contributed by atoms with Gasteiger partial charge in [0.2, 0.25) is 0 Å². The summed E-state index contributed by atoms with van der Waals surface area (Å²) in [5, 5.41) is 2.81. The largest absolute Gasteiger partial charge is 0.337 e. The Kier molecular flexibility index (Phi) is 3.09. The highest BCUT2D eigenvalue weighted by Gasteiger charge is 2.16. The van der Waals surface area contributed by atoms with Gasteiger partial charge in [-0.2, -0.15) is 0 Å². The number of nitrogens with one attached hydrogen (secondary N) is 1. The van der Waals surface area contributed by atoms with Crippen LogP contribution in [0.4, 0.5) is 0 Å². The van der Waals surface area contributed by atoms with Gasteiger partial charge in [0, 0.05) is 5.56 Å². The van der Waals surface area contributed by atoms with Gasteiger partial charge in [-0.25, -0.2) is 0 Å². The SMILES string of the molecule is CC(C)(Br)NC(=O)c1ccccc1. The number of halogens is 1. The Labute approximate surface area is 86.5 Å². The van der Waals surface area contributed by atoms with Gasteiger partial charge in [0.15, 0.2) is 0 Å². The predicted molar refractivity (Wildman–Crippen MR) is 56.9 cm³/mol. The second-order valence-electron chi connectivity index (χ2n) is 3.29. The molecule has 1 rings (SSSR count). The van der Waals surface area contributed by atoms with Crippen molar-refractivity contribution in [3.8, 4) is 0 Å². The average molecular weight is 242 g/mol. The molecule has 0 aliphatic rings. The van der Waals surface area contributed by atoms with E-state index in [4.69, 9.17) is 0 Å². The van der Waals surface area contributed by atoms with Crippen molar-refractivity contribution in [1.29, 1.82) is 0 Å². The van der Waals surface area contributed by atoms with Gasteiger partial charge in [0.25, 0.3) is 5.91 Å². The lowest BCUT2D eigenvalue weighted by Gasteiger charge is -2.18. The van der Waals surface area contributed by atoms with Crippen molar-refractivity contribution in [2.24, 2.45) is 0 Å². The molecule has 0 unspecified atom stereocenters. The van der Waals surface area contributed by atoms with E-state index in [1.54, 1.807) is 12.1 Å². The van der Waals surface area contributed by atoms with Crippen LogP contribution in [0, 0.1) is 0 Å². The summed E-state index contributed by atoms with van der Waals surface area (Å²) in [6.07, 6.45) is 0. The van der Waals surface area contributed by atoms with Gasteiger partial charge < -0.3 is 5.32 Å². The zero-order valence-electron chi connectivity index (χ0n) is 7.67. The first-order valence-electron chi connectivity index (χ1n) is 4.05. The van der Waals surface area contributed by atoms with Crippen LogP contribution in [0.25, 0.3) is 0 Å². The highest BCUT2D eigenvalue weighted by atomic mass is 79.9. The van der Waals surface area contributed by atoms with Crippen molar-refractivity contribution in [1.82, 2.24) is 5.32 Å². The summed E-state index contributed by atoms with van der Waals surface area (Å²) in [4.78, 5) is 11.5. The summed E-state index contributed by atoms with van der Waals surface area (Å²) in [5.74, 6) is -0.0672. The Balaban J connectivity index is 2.71. The smallest absolute Gasteiger partial charge is 0.252 e. The molecule has 0 spiro atoms. The molecule has 0 heterocycles. The molecule has 0 aromatic heterocycles. The fourth-order valence-corrected chi connectivity index (χ4v) is 1.11. The number of carbonyl (C=O) groups is 1. The monoisotopic (exact) mass is 241 g/mol. The van der Waals surface area contributed by atoms with Gasteiger partial charge in [-0.05, 0) is 26.0 Å². The third-order valence-electron chi connectivity index (χ3n) is 1.45. The van der Waals surface area contributed by atoms with Crippen molar-refractivity contribution in [3.05, 3.63) is 35.9 Å². The molecular weight excluding hydrogens is 230 g/mol. The van der Waals surface area contributed by atoms with Crippen LogP contribution >= 0.6 is 15.9 Å². The molecule has 0 saturated heterocycles. The van der Waals surface area contributed by atoms with Gasteiger partial charge in [-0.15, -0.1) is 0 Å². The second kappa shape index (κ2) is 3.92. The van der Waals surface area contributed by atoms with Crippen molar-refractivity contribution in [2.75, 3.05) is 0 Å². The minimum absolute atomic E-state index is 0.0672. The molecular formula is C10H12BrNO. The molecule has 1 amide bonds.